The van der Waals surface area contributed by atoms with Crippen molar-refractivity contribution in [3.63, 3.8) is 0 Å². The summed E-state index contributed by atoms with van der Waals surface area (Å²) in [4.78, 5) is 22.1. The minimum Gasteiger partial charge on any atom is -0.370 e. The van der Waals surface area contributed by atoms with Crippen LogP contribution in [0.2, 0.25) is 5.02 Å². The van der Waals surface area contributed by atoms with Crippen molar-refractivity contribution >= 4 is 17.2 Å². The van der Waals surface area contributed by atoms with E-state index in [1.807, 2.05) is 0 Å². The average Bonchev–Trinajstić information content (AvgIpc) is 3.58. The maximum absolute atomic E-state index is 15.1. The van der Waals surface area contributed by atoms with Crippen molar-refractivity contribution in [2.24, 2.45) is 0 Å². The largest absolute Gasteiger partial charge is 0.370 e. The van der Waals surface area contributed by atoms with E-state index < -0.39 is 5.82 Å². The summed E-state index contributed by atoms with van der Waals surface area (Å²) in [5.74, 6) is 0.929. The Morgan fingerprint density at radius 1 is 1.09 bits per heavy atom. The number of benzene rings is 1. The fraction of sp³-hybridized carbons (Fsp3) is 0.400. The lowest BCUT2D eigenvalue weighted by molar-refractivity contribution is -0.00186. The van der Waals surface area contributed by atoms with Crippen LogP contribution in [0, 0.1) is 19.7 Å². The van der Waals surface area contributed by atoms with Gasteiger partial charge >= 0.3 is 0 Å². The molecule has 2 aliphatic rings. The summed E-state index contributed by atoms with van der Waals surface area (Å²) in [7, 11) is 0. The molecule has 0 N–H and O–H groups in total. The van der Waals surface area contributed by atoms with Crippen LogP contribution in [0.15, 0.2) is 33.6 Å². The van der Waals surface area contributed by atoms with Crippen LogP contribution >= 0.6 is 11.6 Å². The molecule has 0 radical (unpaired) electrons. The van der Waals surface area contributed by atoms with Gasteiger partial charge in [0.2, 0.25) is 11.7 Å². The van der Waals surface area contributed by atoms with Crippen molar-refractivity contribution in [2.45, 2.75) is 57.5 Å². The van der Waals surface area contributed by atoms with Gasteiger partial charge in [0.1, 0.15) is 11.9 Å². The van der Waals surface area contributed by atoms with E-state index in [0.717, 1.165) is 12.8 Å². The van der Waals surface area contributed by atoms with Gasteiger partial charge in [-0.2, -0.15) is 14.6 Å². The Kier molecular flexibility index (Phi) is 5.41. The van der Waals surface area contributed by atoms with Crippen LogP contribution in [0.25, 0.3) is 16.8 Å². The van der Waals surface area contributed by atoms with Crippen molar-refractivity contribution in [1.29, 1.82) is 0 Å². The summed E-state index contributed by atoms with van der Waals surface area (Å²) >= 11 is 6.01. The van der Waals surface area contributed by atoms with Gasteiger partial charge in [-0.25, -0.2) is 9.37 Å². The summed E-state index contributed by atoms with van der Waals surface area (Å²) in [6.45, 7) is 3.95. The van der Waals surface area contributed by atoms with Crippen molar-refractivity contribution in [2.75, 3.05) is 6.61 Å². The molecule has 35 heavy (non-hydrogen) atoms. The quantitative estimate of drug-likeness (QED) is 0.390. The number of hydrogen-bond acceptors (Lipinski definition) is 7. The van der Waals surface area contributed by atoms with Crippen LogP contribution in [0.5, 0.6) is 0 Å². The second kappa shape index (κ2) is 8.49. The second-order valence-corrected chi connectivity index (χ2v) is 9.75. The fourth-order valence-electron chi connectivity index (χ4n) is 4.60. The van der Waals surface area contributed by atoms with Gasteiger partial charge in [0.15, 0.2) is 5.65 Å². The SMILES string of the molecule is Cc1nc2cc(-c3ccc(Cl)cc3F)c([C@H]3CCO[C@@H](c4noc(C5CC5)n4)C3)nn2c(=O)c1C. The molecule has 0 spiro atoms. The summed E-state index contributed by atoms with van der Waals surface area (Å²) in [5, 5.41) is 9.18. The topological polar surface area (TPSA) is 95.4 Å². The Morgan fingerprint density at radius 2 is 1.91 bits per heavy atom. The van der Waals surface area contributed by atoms with Crippen LogP contribution in [-0.4, -0.2) is 31.3 Å². The first kappa shape index (κ1) is 22.3. The highest BCUT2D eigenvalue weighted by molar-refractivity contribution is 6.30. The molecule has 3 aromatic heterocycles. The zero-order valence-corrected chi connectivity index (χ0v) is 20.0. The first-order chi connectivity index (χ1) is 16.9. The van der Waals surface area contributed by atoms with Crippen LogP contribution in [0.4, 0.5) is 4.39 Å². The zero-order chi connectivity index (χ0) is 24.3. The molecule has 2 fully saturated rings. The normalized spacial score (nSPS) is 20.5. The first-order valence-corrected chi connectivity index (χ1v) is 12.1. The standard InChI is InChI=1S/C25H23ClFN5O3/c1-12-13(2)28-21-11-18(17-6-5-16(26)10-19(17)27)22(30-32(21)25(12)33)15-7-8-34-20(9-15)23-29-24(35-31-23)14-3-4-14/h5-6,10-11,14-15,20H,3-4,7-9H2,1-2H3/t15-,20+/m0/s1. The number of hydrogen-bond donors (Lipinski definition) is 0. The van der Waals surface area contributed by atoms with Gasteiger partial charge in [0.25, 0.3) is 5.56 Å². The maximum atomic E-state index is 15.1. The van der Waals surface area contributed by atoms with Gasteiger partial charge < -0.3 is 9.26 Å². The summed E-state index contributed by atoms with van der Waals surface area (Å²) in [6.07, 6.45) is 2.93. The summed E-state index contributed by atoms with van der Waals surface area (Å²) in [6, 6.07) is 6.27. The van der Waals surface area contributed by atoms with Gasteiger partial charge in [0, 0.05) is 45.8 Å². The molecule has 0 amide bonds. The number of fused-ring (bicyclic) bond motifs is 1. The highest BCUT2D eigenvalue weighted by atomic mass is 35.5. The number of rotatable bonds is 4. The average molecular weight is 496 g/mol. The molecule has 2 atom stereocenters. The van der Waals surface area contributed by atoms with Crippen molar-refractivity contribution in [3.8, 4) is 11.1 Å². The van der Waals surface area contributed by atoms with Gasteiger partial charge in [-0.1, -0.05) is 16.8 Å². The van der Waals surface area contributed by atoms with Crippen molar-refractivity contribution in [3.05, 3.63) is 74.1 Å². The molecule has 0 unspecified atom stereocenters. The van der Waals surface area contributed by atoms with E-state index >= 15 is 4.39 Å². The third-order valence-electron chi connectivity index (χ3n) is 6.88. The smallest absolute Gasteiger partial charge is 0.277 e. The van der Waals surface area contributed by atoms with E-state index in [9.17, 15) is 4.79 Å². The van der Waals surface area contributed by atoms with Crippen LogP contribution < -0.4 is 5.56 Å². The van der Waals surface area contributed by atoms with Crippen molar-refractivity contribution < 1.29 is 13.7 Å². The molecular weight excluding hydrogens is 473 g/mol. The van der Waals surface area contributed by atoms with Crippen molar-refractivity contribution in [1.82, 2.24) is 24.7 Å². The molecule has 1 aromatic carbocycles. The van der Waals surface area contributed by atoms with E-state index in [-0.39, 0.29) is 17.6 Å². The molecule has 4 heterocycles. The Balaban J connectivity index is 1.47. The summed E-state index contributed by atoms with van der Waals surface area (Å²) in [5.41, 5.74) is 2.79. The molecule has 1 aliphatic carbocycles. The number of ether oxygens (including phenoxy) is 1. The van der Waals surface area contributed by atoms with Gasteiger partial charge in [-0.05, 0) is 63.8 Å². The van der Waals surface area contributed by atoms with E-state index in [2.05, 4.69) is 15.1 Å². The zero-order valence-electron chi connectivity index (χ0n) is 19.3. The number of aryl methyl sites for hydroxylation is 1. The number of nitrogens with zero attached hydrogens (tertiary/aromatic N) is 5. The molecule has 180 valence electrons. The molecule has 1 saturated heterocycles. The second-order valence-electron chi connectivity index (χ2n) is 9.31. The van der Waals surface area contributed by atoms with E-state index in [0.29, 0.717) is 75.8 Å². The Labute approximate surface area is 205 Å². The molecular formula is C25H23ClFN5O3. The molecule has 1 aliphatic heterocycles. The lowest BCUT2D eigenvalue weighted by Crippen LogP contribution is -2.26. The molecule has 8 nitrogen and oxygen atoms in total. The summed E-state index contributed by atoms with van der Waals surface area (Å²) < 4.78 is 27.8. The van der Waals surface area contributed by atoms with Crippen LogP contribution in [-0.2, 0) is 4.74 Å². The van der Waals surface area contributed by atoms with Gasteiger partial charge in [-0.15, -0.1) is 0 Å². The monoisotopic (exact) mass is 495 g/mol. The fourth-order valence-corrected chi connectivity index (χ4v) is 4.76. The van der Waals surface area contributed by atoms with E-state index in [1.165, 1.54) is 10.6 Å². The lowest BCUT2D eigenvalue weighted by Gasteiger charge is -2.28. The molecule has 10 heteroatoms. The Hall–Kier alpha value is -3.17. The van der Waals surface area contributed by atoms with Crippen LogP contribution in [0.1, 0.15) is 72.3 Å². The Morgan fingerprint density at radius 3 is 2.69 bits per heavy atom. The minimum absolute atomic E-state index is 0.125. The number of aromatic nitrogens is 5. The van der Waals surface area contributed by atoms with Crippen LogP contribution in [0.3, 0.4) is 0 Å². The predicted octanol–water partition coefficient (Wildman–Crippen LogP) is 5.06. The highest BCUT2D eigenvalue weighted by Crippen LogP contribution is 2.42. The Bertz CT molecular complexity index is 1510. The molecule has 4 aromatic rings. The minimum atomic E-state index is -0.466. The molecule has 6 rings (SSSR count). The lowest BCUT2D eigenvalue weighted by atomic mass is 9.87. The maximum Gasteiger partial charge on any atom is 0.277 e. The molecule has 0 bridgehead atoms. The number of halogens is 2. The predicted molar refractivity (Wildman–Crippen MR) is 126 cm³/mol. The highest BCUT2D eigenvalue weighted by Gasteiger charge is 2.35. The third kappa shape index (κ3) is 4.02. The van der Waals surface area contributed by atoms with Gasteiger partial charge in [-0.3, -0.25) is 4.79 Å². The van der Waals surface area contributed by atoms with E-state index in [1.54, 1.807) is 32.0 Å². The first-order valence-electron chi connectivity index (χ1n) is 11.7. The van der Waals surface area contributed by atoms with E-state index in [4.69, 9.17) is 26.0 Å². The van der Waals surface area contributed by atoms with Gasteiger partial charge in [0.05, 0.1) is 5.69 Å². The molecule has 1 saturated carbocycles. The third-order valence-corrected chi connectivity index (χ3v) is 7.11.